The van der Waals surface area contributed by atoms with Crippen molar-refractivity contribution in [3.8, 4) is 0 Å². The molecule has 0 spiro atoms. The van der Waals surface area contributed by atoms with Gasteiger partial charge in [-0.2, -0.15) is 0 Å². The van der Waals surface area contributed by atoms with Crippen molar-refractivity contribution in [1.29, 1.82) is 0 Å². The summed E-state index contributed by atoms with van der Waals surface area (Å²) in [6.07, 6.45) is 3.98. The van der Waals surface area contributed by atoms with Gasteiger partial charge >= 0.3 is 0 Å². The Bertz CT molecular complexity index is 714. The van der Waals surface area contributed by atoms with E-state index < -0.39 is 6.04 Å². The number of nitrogens with one attached hydrogen (secondary N) is 1. The van der Waals surface area contributed by atoms with Gasteiger partial charge in [-0.15, -0.1) is 24.8 Å². The van der Waals surface area contributed by atoms with Crippen molar-refractivity contribution in [2.24, 2.45) is 5.73 Å². The maximum atomic E-state index is 12.3. The van der Waals surface area contributed by atoms with E-state index in [2.05, 4.69) is 34.5 Å². The highest BCUT2D eigenvalue weighted by Crippen LogP contribution is 2.14. The second kappa shape index (κ2) is 12.1. The molecule has 154 valence electrons. The summed E-state index contributed by atoms with van der Waals surface area (Å²) in [7, 11) is 0. The summed E-state index contributed by atoms with van der Waals surface area (Å²) in [6.45, 7) is 5.95. The number of carbonyl (C=O) groups excluding carboxylic acids is 1. The molecule has 1 heterocycles. The van der Waals surface area contributed by atoms with Crippen molar-refractivity contribution >= 4 is 30.7 Å². The van der Waals surface area contributed by atoms with E-state index in [1.807, 2.05) is 31.2 Å². The summed E-state index contributed by atoms with van der Waals surface area (Å²) in [6, 6.07) is 15.7. The zero-order chi connectivity index (χ0) is 18.4. The lowest BCUT2D eigenvalue weighted by molar-refractivity contribution is -0.122. The second-order valence-corrected chi connectivity index (χ2v) is 7.26. The topological polar surface area (TPSA) is 58.4 Å². The van der Waals surface area contributed by atoms with E-state index in [1.54, 1.807) is 0 Å². The maximum absolute atomic E-state index is 12.3. The number of benzene rings is 2. The van der Waals surface area contributed by atoms with Crippen molar-refractivity contribution in [3.63, 3.8) is 0 Å². The first-order valence-electron chi connectivity index (χ1n) is 9.52. The number of rotatable bonds is 6. The molecule has 1 saturated heterocycles. The van der Waals surface area contributed by atoms with E-state index in [1.165, 1.54) is 37.9 Å². The average Bonchev–Trinajstić information content (AvgIpc) is 2.68. The molecule has 1 fully saturated rings. The van der Waals surface area contributed by atoms with Gasteiger partial charge in [0.2, 0.25) is 5.91 Å². The monoisotopic (exact) mass is 423 g/mol. The minimum Gasteiger partial charge on any atom is -0.350 e. The molecule has 0 saturated carbocycles. The van der Waals surface area contributed by atoms with Crippen LogP contribution in [0.1, 0.15) is 47.6 Å². The van der Waals surface area contributed by atoms with Gasteiger partial charge in [0, 0.05) is 13.1 Å². The highest BCUT2D eigenvalue weighted by molar-refractivity contribution is 5.85. The molecule has 3 N–H and O–H groups in total. The van der Waals surface area contributed by atoms with E-state index in [0.29, 0.717) is 6.54 Å². The average molecular weight is 424 g/mol. The highest BCUT2D eigenvalue weighted by Gasteiger charge is 2.15. The van der Waals surface area contributed by atoms with Crippen molar-refractivity contribution in [2.75, 3.05) is 13.1 Å². The normalized spacial score (nSPS) is 15.1. The molecule has 28 heavy (non-hydrogen) atoms. The smallest absolute Gasteiger partial charge is 0.241 e. The van der Waals surface area contributed by atoms with Gasteiger partial charge in [-0.05, 0) is 49.5 Å². The van der Waals surface area contributed by atoms with Crippen LogP contribution in [0.3, 0.4) is 0 Å². The Hall–Kier alpha value is -1.59. The van der Waals surface area contributed by atoms with Gasteiger partial charge in [-0.3, -0.25) is 9.69 Å². The molecule has 0 aromatic heterocycles. The van der Waals surface area contributed by atoms with Crippen LogP contribution in [-0.2, 0) is 17.9 Å². The van der Waals surface area contributed by atoms with Crippen LogP contribution in [0, 0.1) is 6.92 Å². The van der Waals surface area contributed by atoms with E-state index in [9.17, 15) is 4.79 Å². The third-order valence-corrected chi connectivity index (χ3v) is 5.06. The van der Waals surface area contributed by atoms with Crippen molar-refractivity contribution in [2.45, 2.75) is 45.3 Å². The van der Waals surface area contributed by atoms with Crippen LogP contribution in [-0.4, -0.2) is 23.9 Å². The standard InChI is InChI=1S/C22H29N3O.2ClH/c1-17-5-11-20(12-6-17)21(23)22(26)24-15-18-7-9-19(10-8-18)16-25-13-3-2-4-14-25;;/h5-12,21H,2-4,13-16,23H2,1H3,(H,24,26);2*1H. The molecule has 2 aromatic carbocycles. The molecule has 0 aliphatic carbocycles. The van der Waals surface area contributed by atoms with Crippen LogP contribution in [0.5, 0.6) is 0 Å². The Morgan fingerprint density at radius 3 is 2.14 bits per heavy atom. The largest absolute Gasteiger partial charge is 0.350 e. The lowest BCUT2D eigenvalue weighted by Crippen LogP contribution is -2.33. The number of aryl methyl sites for hydroxylation is 1. The second-order valence-electron chi connectivity index (χ2n) is 7.26. The number of carbonyl (C=O) groups is 1. The van der Waals surface area contributed by atoms with E-state index in [4.69, 9.17) is 5.73 Å². The summed E-state index contributed by atoms with van der Waals surface area (Å²) in [5.41, 5.74) is 10.5. The highest BCUT2D eigenvalue weighted by atomic mass is 35.5. The number of nitrogens with two attached hydrogens (primary N) is 1. The van der Waals surface area contributed by atoms with E-state index >= 15 is 0 Å². The lowest BCUT2D eigenvalue weighted by atomic mass is 10.1. The van der Waals surface area contributed by atoms with Gasteiger partial charge < -0.3 is 11.1 Å². The molecule has 6 heteroatoms. The number of halogens is 2. The Balaban J connectivity index is 0.00000196. The van der Waals surface area contributed by atoms with Crippen molar-refractivity contribution in [1.82, 2.24) is 10.2 Å². The summed E-state index contributed by atoms with van der Waals surface area (Å²) in [5.74, 6) is -0.147. The summed E-state index contributed by atoms with van der Waals surface area (Å²) >= 11 is 0. The molecule has 1 unspecified atom stereocenters. The Morgan fingerprint density at radius 1 is 0.964 bits per heavy atom. The van der Waals surface area contributed by atoms with Crippen molar-refractivity contribution in [3.05, 3.63) is 70.8 Å². The Morgan fingerprint density at radius 2 is 1.54 bits per heavy atom. The molecular weight excluding hydrogens is 393 g/mol. The van der Waals surface area contributed by atoms with Crippen molar-refractivity contribution < 1.29 is 4.79 Å². The molecule has 1 aliphatic rings. The summed E-state index contributed by atoms with van der Waals surface area (Å²) in [4.78, 5) is 14.8. The van der Waals surface area contributed by atoms with E-state index in [0.717, 1.165) is 23.2 Å². The van der Waals surface area contributed by atoms with Gasteiger partial charge in [0.25, 0.3) is 0 Å². The first kappa shape index (κ1) is 24.4. The summed E-state index contributed by atoms with van der Waals surface area (Å²) < 4.78 is 0. The fraction of sp³-hybridized carbons (Fsp3) is 0.409. The molecule has 1 aliphatic heterocycles. The Labute approximate surface area is 180 Å². The van der Waals surface area contributed by atoms with Crippen LogP contribution in [0.2, 0.25) is 0 Å². The minimum atomic E-state index is -0.631. The summed E-state index contributed by atoms with van der Waals surface area (Å²) in [5, 5.41) is 2.94. The quantitative estimate of drug-likeness (QED) is 0.733. The van der Waals surface area contributed by atoms with E-state index in [-0.39, 0.29) is 30.7 Å². The van der Waals surface area contributed by atoms with Crippen LogP contribution >= 0.6 is 24.8 Å². The van der Waals surface area contributed by atoms with Gasteiger partial charge in [-0.1, -0.05) is 60.5 Å². The molecule has 0 radical (unpaired) electrons. The number of likely N-dealkylation sites (tertiary alicyclic amines) is 1. The third-order valence-electron chi connectivity index (χ3n) is 5.06. The maximum Gasteiger partial charge on any atom is 0.241 e. The first-order chi connectivity index (χ1) is 12.6. The van der Waals surface area contributed by atoms with Gasteiger partial charge in [0.1, 0.15) is 6.04 Å². The molecular formula is C22H31Cl2N3O. The van der Waals surface area contributed by atoms with Crippen LogP contribution in [0.25, 0.3) is 0 Å². The SMILES string of the molecule is Cc1ccc(C(N)C(=O)NCc2ccc(CN3CCCCC3)cc2)cc1.Cl.Cl. The molecule has 4 nitrogen and oxygen atoms in total. The van der Waals surface area contributed by atoms with Gasteiger partial charge in [-0.25, -0.2) is 0 Å². The molecule has 0 bridgehead atoms. The van der Waals surface area contributed by atoms with Gasteiger partial charge in [0.05, 0.1) is 0 Å². The predicted octanol–water partition coefficient (Wildman–Crippen LogP) is 4.14. The minimum absolute atomic E-state index is 0. The molecule has 1 amide bonds. The predicted molar refractivity (Wildman–Crippen MR) is 120 cm³/mol. The zero-order valence-electron chi connectivity index (χ0n) is 16.4. The van der Waals surface area contributed by atoms with Crippen LogP contribution in [0.15, 0.2) is 48.5 Å². The fourth-order valence-electron chi connectivity index (χ4n) is 3.36. The van der Waals surface area contributed by atoms with Gasteiger partial charge in [0.15, 0.2) is 0 Å². The first-order valence-corrected chi connectivity index (χ1v) is 9.52. The molecule has 2 aromatic rings. The van der Waals surface area contributed by atoms with Crippen LogP contribution in [0.4, 0.5) is 0 Å². The number of amides is 1. The Kier molecular flexibility index (Phi) is 10.5. The molecule has 1 atom stereocenters. The molecule has 3 rings (SSSR count). The van der Waals surface area contributed by atoms with Crippen LogP contribution < -0.4 is 11.1 Å². The zero-order valence-corrected chi connectivity index (χ0v) is 18.0. The number of hydrogen-bond acceptors (Lipinski definition) is 3. The number of hydrogen-bond donors (Lipinski definition) is 2. The fourth-order valence-corrected chi connectivity index (χ4v) is 3.36. The number of nitrogens with zero attached hydrogens (tertiary/aromatic N) is 1. The lowest BCUT2D eigenvalue weighted by Gasteiger charge is -2.26. The number of piperidine rings is 1. The third kappa shape index (κ3) is 7.10.